The Hall–Kier alpha value is -4.13. The van der Waals surface area contributed by atoms with Gasteiger partial charge in [-0.25, -0.2) is 13.3 Å². The number of aliphatic hydroxyl groups is 1. The predicted molar refractivity (Wildman–Crippen MR) is 139 cm³/mol. The lowest BCUT2D eigenvalue weighted by atomic mass is 10.0. The number of hydrogen-bond acceptors (Lipinski definition) is 6. The van der Waals surface area contributed by atoms with E-state index in [0.29, 0.717) is 35.5 Å². The molecule has 0 amide bonds. The number of nitriles is 1. The van der Waals surface area contributed by atoms with Gasteiger partial charge in [0.2, 0.25) is 0 Å². The van der Waals surface area contributed by atoms with E-state index in [1.54, 1.807) is 30.8 Å². The summed E-state index contributed by atoms with van der Waals surface area (Å²) in [6.07, 6.45) is 7.81. The van der Waals surface area contributed by atoms with Crippen molar-refractivity contribution in [2.45, 2.75) is 32.4 Å². The number of pyridine rings is 2. The first kappa shape index (κ1) is 25.5. The summed E-state index contributed by atoms with van der Waals surface area (Å²) in [5.74, 6) is -0.622. The van der Waals surface area contributed by atoms with Crippen molar-refractivity contribution < 1.29 is 18.6 Å². The van der Waals surface area contributed by atoms with Gasteiger partial charge in [0.15, 0.2) is 0 Å². The fourth-order valence-electron chi connectivity index (χ4n) is 4.53. The third-order valence-electron chi connectivity index (χ3n) is 6.32. The largest absolute Gasteiger partial charge is 0.489 e. The number of halogens is 2. The third kappa shape index (κ3) is 5.72. The zero-order valence-electron chi connectivity index (χ0n) is 21.2. The molecule has 5 rings (SSSR count). The first-order valence-electron chi connectivity index (χ1n) is 12.3. The summed E-state index contributed by atoms with van der Waals surface area (Å²) in [4.78, 5) is 6.82. The molecule has 38 heavy (non-hydrogen) atoms. The molecule has 9 heteroatoms. The highest BCUT2D eigenvalue weighted by Gasteiger charge is 2.18. The average Bonchev–Trinajstić information content (AvgIpc) is 3.30. The molecule has 1 N–H and O–H groups in total. The molecule has 0 spiro atoms. The molecule has 0 unspecified atom stereocenters. The summed E-state index contributed by atoms with van der Waals surface area (Å²) in [5.41, 5.74) is 4.20. The Morgan fingerprint density at radius 3 is 2.55 bits per heavy atom. The molecule has 1 aliphatic rings. The van der Waals surface area contributed by atoms with Crippen LogP contribution in [-0.4, -0.2) is 49.9 Å². The second-order valence-corrected chi connectivity index (χ2v) is 10.1. The smallest absolute Gasteiger partial charge is 0.138 e. The summed E-state index contributed by atoms with van der Waals surface area (Å²) >= 11 is 0. The monoisotopic (exact) mass is 515 g/mol. The van der Waals surface area contributed by atoms with E-state index in [0.717, 1.165) is 41.4 Å². The van der Waals surface area contributed by atoms with E-state index in [-0.39, 0.29) is 6.61 Å². The molecule has 3 aromatic heterocycles. The van der Waals surface area contributed by atoms with E-state index in [1.165, 1.54) is 18.3 Å². The van der Waals surface area contributed by atoms with E-state index in [4.69, 9.17) is 9.72 Å². The summed E-state index contributed by atoms with van der Waals surface area (Å²) < 4.78 is 34.4. The number of benzene rings is 1. The SMILES string of the molecule is CC(C)(O)COc1cc(-c2ccc(C3=CCN(Cc4cc(F)cc(F)c4)CC3)nc2)c2c(C#N)cnn2c1. The van der Waals surface area contributed by atoms with Crippen LogP contribution >= 0.6 is 0 Å². The van der Waals surface area contributed by atoms with E-state index < -0.39 is 17.2 Å². The van der Waals surface area contributed by atoms with Gasteiger partial charge in [0.1, 0.15) is 30.1 Å². The Balaban J connectivity index is 1.36. The topological polar surface area (TPSA) is 86.7 Å². The zero-order chi connectivity index (χ0) is 26.9. The van der Waals surface area contributed by atoms with Crippen molar-refractivity contribution in [2.24, 2.45) is 0 Å². The maximum Gasteiger partial charge on any atom is 0.138 e. The number of aromatic nitrogens is 3. The van der Waals surface area contributed by atoms with Crippen LogP contribution in [0.2, 0.25) is 0 Å². The molecule has 0 atom stereocenters. The lowest BCUT2D eigenvalue weighted by molar-refractivity contribution is 0.0283. The van der Waals surface area contributed by atoms with Crippen molar-refractivity contribution in [1.82, 2.24) is 19.5 Å². The minimum absolute atomic E-state index is 0.0981. The van der Waals surface area contributed by atoms with Crippen molar-refractivity contribution >= 4 is 11.1 Å². The number of ether oxygens (including phenoxy) is 1. The second kappa shape index (κ2) is 10.3. The molecule has 194 valence electrons. The lowest BCUT2D eigenvalue weighted by Crippen LogP contribution is -2.28. The lowest BCUT2D eigenvalue weighted by Gasteiger charge is -2.26. The number of rotatable bonds is 7. The number of fused-ring (bicyclic) bond motifs is 1. The molecule has 7 nitrogen and oxygen atoms in total. The number of nitrogens with zero attached hydrogens (tertiary/aromatic N) is 5. The molecular formula is C29H27F2N5O2. The Kier molecular flexibility index (Phi) is 6.93. The van der Waals surface area contributed by atoms with E-state index in [2.05, 4.69) is 22.1 Å². The minimum atomic E-state index is -1.00. The molecule has 0 aliphatic carbocycles. The van der Waals surface area contributed by atoms with Gasteiger partial charge in [-0.05, 0) is 55.7 Å². The average molecular weight is 516 g/mol. The zero-order valence-corrected chi connectivity index (χ0v) is 21.2. The van der Waals surface area contributed by atoms with Gasteiger partial charge in [-0.15, -0.1) is 0 Å². The van der Waals surface area contributed by atoms with Crippen LogP contribution in [0.5, 0.6) is 5.75 Å². The molecular weight excluding hydrogens is 488 g/mol. The summed E-state index contributed by atoms with van der Waals surface area (Å²) in [6, 6.07) is 11.5. The van der Waals surface area contributed by atoms with Crippen molar-refractivity contribution in [1.29, 1.82) is 5.26 Å². The molecule has 0 saturated carbocycles. The van der Waals surface area contributed by atoms with E-state index in [1.807, 2.05) is 18.2 Å². The van der Waals surface area contributed by atoms with E-state index >= 15 is 0 Å². The van der Waals surface area contributed by atoms with Gasteiger partial charge in [0.25, 0.3) is 0 Å². The van der Waals surface area contributed by atoms with Crippen LogP contribution in [0, 0.1) is 23.0 Å². The van der Waals surface area contributed by atoms with Crippen molar-refractivity contribution in [3.05, 3.63) is 89.5 Å². The highest BCUT2D eigenvalue weighted by atomic mass is 19.1. The molecule has 0 saturated heterocycles. The maximum atomic E-state index is 13.5. The Morgan fingerprint density at radius 2 is 1.92 bits per heavy atom. The number of hydrogen-bond donors (Lipinski definition) is 1. The molecule has 0 fully saturated rings. The fourth-order valence-corrected chi connectivity index (χ4v) is 4.53. The molecule has 4 aromatic rings. The predicted octanol–water partition coefficient (Wildman–Crippen LogP) is 4.99. The van der Waals surface area contributed by atoms with Gasteiger partial charge in [0, 0.05) is 43.0 Å². The van der Waals surface area contributed by atoms with Gasteiger partial charge < -0.3 is 9.84 Å². The summed E-state index contributed by atoms with van der Waals surface area (Å²) in [6.45, 7) is 5.30. The molecule has 1 aromatic carbocycles. The third-order valence-corrected chi connectivity index (χ3v) is 6.32. The van der Waals surface area contributed by atoms with Crippen molar-refractivity contribution in [2.75, 3.05) is 19.7 Å². The van der Waals surface area contributed by atoms with E-state index in [9.17, 15) is 19.1 Å². The van der Waals surface area contributed by atoms with Crippen LogP contribution in [0.4, 0.5) is 8.78 Å². The van der Waals surface area contributed by atoms with Gasteiger partial charge in [-0.2, -0.15) is 10.4 Å². The summed E-state index contributed by atoms with van der Waals surface area (Å²) in [5, 5.41) is 23.9. The van der Waals surface area contributed by atoms with Crippen LogP contribution < -0.4 is 4.74 Å². The first-order chi connectivity index (χ1) is 18.2. The highest BCUT2D eigenvalue weighted by molar-refractivity contribution is 5.85. The van der Waals surface area contributed by atoms with Crippen LogP contribution in [0.15, 0.2) is 61.1 Å². The Bertz CT molecular complexity index is 1530. The molecule has 0 radical (unpaired) electrons. The van der Waals surface area contributed by atoms with Gasteiger partial charge in [-0.1, -0.05) is 12.1 Å². The standard InChI is InChI=1S/C29H27F2N5O2/c1-29(2,37)18-38-25-12-26(28-22(13-32)15-34-36(28)17-25)21-3-4-27(33-14-21)20-5-7-35(8-6-20)16-19-9-23(30)11-24(31)10-19/h3-5,9-12,14-15,17,37H,6-8,16,18H2,1-2H3. The molecule has 0 bridgehead atoms. The van der Waals surface area contributed by atoms with Crippen LogP contribution in [-0.2, 0) is 6.54 Å². The summed E-state index contributed by atoms with van der Waals surface area (Å²) in [7, 11) is 0. The first-order valence-corrected chi connectivity index (χ1v) is 12.3. The fraction of sp³-hybridized carbons (Fsp3) is 0.276. The Morgan fingerprint density at radius 1 is 1.13 bits per heavy atom. The van der Waals surface area contributed by atoms with Gasteiger partial charge >= 0.3 is 0 Å². The maximum absolute atomic E-state index is 13.5. The van der Waals surface area contributed by atoms with Crippen LogP contribution in [0.25, 0.3) is 22.2 Å². The molecule has 1 aliphatic heterocycles. The normalized spacial score (nSPS) is 14.4. The van der Waals surface area contributed by atoms with Crippen LogP contribution in [0.1, 0.15) is 37.1 Å². The van der Waals surface area contributed by atoms with Crippen LogP contribution in [0.3, 0.4) is 0 Å². The quantitative estimate of drug-likeness (QED) is 0.373. The van der Waals surface area contributed by atoms with Crippen molar-refractivity contribution in [3.63, 3.8) is 0 Å². The van der Waals surface area contributed by atoms with Gasteiger partial charge in [0.05, 0.1) is 34.8 Å². The van der Waals surface area contributed by atoms with Gasteiger partial charge in [-0.3, -0.25) is 9.88 Å². The Labute approximate surface area is 219 Å². The minimum Gasteiger partial charge on any atom is -0.489 e. The van der Waals surface area contributed by atoms with Crippen molar-refractivity contribution in [3.8, 4) is 22.9 Å². The highest BCUT2D eigenvalue weighted by Crippen LogP contribution is 2.32. The second-order valence-electron chi connectivity index (χ2n) is 10.1. The molecule has 4 heterocycles.